The molecule has 0 bridgehead atoms. The van der Waals surface area contributed by atoms with Gasteiger partial charge in [-0.1, -0.05) is 12.8 Å². The molecule has 1 spiro atoms. The number of imide groups is 1. The fraction of sp³-hybridized carbons (Fsp3) is 0.500. The molecular formula is C16H20N2O2. The van der Waals surface area contributed by atoms with Gasteiger partial charge in [0.2, 0.25) is 11.8 Å². The smallest absolute Gasteiger partial charge is 0.234 e. The van der Waals surface area contributed by atoms with Crippen LogP contribution in [0.1, 0.15) is 44.1 Å². The van der Waals surface area contributed by atoms with Crippen LogP contribution in [-0.2, 0) is 9.59 Å². The van der Waals surface area contributed by atoms with E-state index in [0.717, 1.165) is 31.2 Å². The number of amides is 2. The van der Waals surface area contributed by atoms with Crippen molar-refractivity contribution in [3.8, 4) is 0 Å². The summed E-state index contributed by atoms with van der Waals surface area (Å²) in [5.74, 6) is -0.118. The van der Waals surface area contributed by atoms with Crippen molar-refractivity contribution in [1.82, 2.24) is 0 Å². The molecule has 106 valence electrons. The number of rotatable bonds is 1. The molecule has 1 aromatic rings. The zero-order valence-electron chi connectivity index (χ0n) is 11.8. The van der Waals surface area contributed by atoms with Crippen LogP contribution >= 0.6 is 0 Å². The number of anilines is 2. The molecule has 0 aromatic heterocycles. The molecular weight excluding hydrogens is 252 g/mol. The summed E-state index contributed by atoms with van der Waals surface area (Å²) in [5.41, 5.74) is 7.88. The summed E-state index contributed by atoms with van der Waals surface area (Å²) in [6.07, 6.45) is 5.31. The van der Waals surface area contributed by atoms with Gasteiger partial charge in [-0.25, -0.2) is 0 Å². The van der Waals surface area contributed by atoms with Crippen LogP contribution in [0.3, 0.4) is 0 Å². The molecule has 1 heterocycles. The Morgan fingerprint density at radius 1 is 1.10 bits per heavy atom. The van der Waals surface area contributed by atoms with Crippen molar-refractivity contribution in [2.75, 3.05) is 10.6 Å². The fourth-order valence-corrected chi connectivity index (χ4v) is 3.68. The van der Waals surface area contributed by atoms with Crippen LogP contribution < -0.4 is 10.6 Å². The van der Waals surface area contributed by atoms with Gasteiger partial charge in [-0.05, 0) is 48.9 Å². The molecule has 2 aliphatic rings. The molecule has 1 aliphatic heterocycles. The number of nitrogens with zero attached hydrogens (tertiary/aromatic N) is 1. The second kappa shape index (κ2) is 4.62. The van der Waals surface area contributed by atoms with Crippen molar-refractivity contribution in [3.63, 3.8) is 0 Å². The predicted molar refractivity (Wildman–Crippen MR) is 78.2 cm³/mol. The lowest BCUT2D eigenvalue weighted by Gasteiger charge is -2.37. The highest BCUT2D eigenvalue weighted by molar-refractivity contribution is 6.17. The van der Waals surface area contributed by atoms with Gasteiger partial charge in [0.15, 0.2) is 0 Å². The van der Waals surface area contributed by atoms with Gasteiger partial charge in [0.05, 0.1) is 5.69 Å². The number of carbonyl (C=O) groups is 2. The number of nitrogens with two attached hydrogens (primary N) is 1. The second-order valence-corrected chi connectivity index (χ2v) is 6.23. The Balaban J connectivity index is 1.91. The molecule has 0 radical (unpaired) electrons. The molecule has 0 unspecified atom stereocenters. The molecule has 3 rings (SSSR count). The highest BCUT2D eigenvalue weighted by atomic mass is 16.2. The molecule has 2 amide bonds. The first-order valence-electron chi connectivity index (χ1n) is 7.23. The van der Waals surface area contributed by atoms with Crippen LogP contribution in [0.25, 0.3) is 0 Å². The lowest BCUT2D eigenvalue weighted by atomic mass is 9.76. The summed E-state index contributed by atoms with van der Waals surface area (Å²) < 4.78 is 0. The summed E-state index contributed by atoms with van der Waals surface area (Å²) in [6, 6.07) is 5.31. The Morgan fingerprint density at radius 2 is 1.70 bits per heavy atom. The summed E-state index contributed by atoms with van der Waals surface area (Å²) in [6.45, 7) is 1.88. The SMILES string of the molecule is Cc1cc(N)ccc1N1C(=O)CC2(CCCC2)CC1=O. The maximum Gasteiger partial charge on any atom is 0.234 e. The molecule has 1 saturated carbocycles. The fourth-order valence-electron chi connectivity index (χ4n) is 3.68. The van der Waals surface area contributed by atoms with Gasteiger partial charge in [0.25, 0.3) is 0 Å². The monoisotopic (exact) mass is 272 g/mol. The van der Waals surface area contributed by atoms with E-state index in [1.165, 1.54) is 4.90 Å². The first kappa shape index (κ1) is 13.2. The Labute approximate surface area is 118 Å². The zero-order valence-corrected chi connectivity index (χ0v) is 11.8. The summed E-state index contributed by atoms with van der Waals surface area (Å²) >= 11 is 0. The maximum atomic E-state index is 12.5. The van der Waals surface area contributed by atoms with Gasteiger partial charge in [0, 0.05) is 18.5 Å². The molecule has 1 aromatic carbocycles. The number of benzene rings is 1. The van der Waals surface area contributed by atoms with Crippen LogP contribution in [0.5, 0.6) is 0 Å². The van der Waals surface area contributed by atoms with E-state index in [1.54, 1.807) is 18.2 Å². The van der Waals surface area contributed by atoms with Gasteiger partial charge in [-0.3, -0.25) is 14.5 Å². The Morgan fingerprint density at radius 3 is 2.25 bits per heavy atom. The first-order valence-corrected chi connectivity index (χ1v) is 7.23. The van der Waals surface area contributed by atoms with Crippen LogP contribution in [0.15, 0.2) is 18.2 Å². The Hall–Kier alpha value is -1.84. The predicted octanol–water partition coefficient (Wildman–Crippen LogP) is 2.79. The van der Waals surface area contributed by atoms with Gasteiger partial charge < -0.3 is 5.73 Å². The number of carbonyl (C=O) groups excluding carboxylic acids is 2. The number of hydrogen-bond donors (Lipinski definition) is 1. The van der Waals surface area contributed by atoms with Crippen molar-refractivity contribution >= 4 is 23.2 Å². The molecule has 0 atom stereocenters. The standard InChI is InChI=1S/C16H20N2O2/c1-11-8-12(17)4-5-13(11)18-14(19)9-16(10-15(18)20)6-2-3-7-16/h4-5,8H,2-3,6-7,9-10,17H2,1H3. The van der Waals surface area contributed by atoms with Crippen molar-refractivity contribution in [1.29, 1.82) is 0 Å². The summed E-state index contributed by atoms with van der Waals surface area (Å²) in [4.78, 5) is 26.3. The lowest BCUT2D eigenvalue weighted by molar-refractivity contribution is -0.133. The lowest BCUT2D eigenvalue weighted by Crippen LogP contribution is -2.47. The summed E-state index contributed by atoms with van der Waals surface area (Å²) in [5, 5.41) is 0. The van der Waals surface area contributed by atoms with E-state index in [4.69, 9.17) is 5.73 Å². The van der Waals surface area contributed by atoms with Crippen LogP contribution in [0.4, 0.5) is 11.4 Å². The molecule has 4 nitrogen and oxygen atoms in total. The van der Waals surface area contributed by atoms with Gasteiger partial charge in [-0.15, -0.1) is 0 Å². The number of hydrogen-bond acceptors (Lipinski definition) is 3. The largest absolute Gasteiger partial charge is 0.399 e. The minimum atomic E-state index is -0.0592. The minimum Gasteiger partial charge on any atom is -0.399 e. The molecule has 1 saturated heterocycles. The van der Waals surface area contributed by atoms with Crippen molar-refractivity contribution < 1.29 is 9.59 Å². The topological polar surface area (TPSA) is 63.4 Å². The van der Waals surface area contributed by atoms with E-state index in [2.05, 4.69) is 0 Å². The molecule has 20 heavy (non-hydrogen) atoms. The second-order valence-electron chi connectivity index (χ2n) is 6.23. The highest BCUT2D eigenvalue weighted by Crippen LogP contribution is 2.47. The third-order valence-electron chi connectivity index (χ3n) is 4.68. The van der Waals surface area contributed by atoms with Gasteiger partial charge in [-0.2, -0.15) is 0 Å². The third kappa shape index (κ3) is 2.09. The number of nitrogen functional groups attached to an aromatic ring is 1. The minimum absolute atomic E-state index is 0.0492. The molecule has 2 N–H and O–H groups in total. The van der Waals surface area contributed by atoms with E-state index < -0.39 is 0 Å². The van der Waals surface area contributed by atoms with Crippen molar-refractivity contribution in [2.45, 2.75) is 45.4 Å². The van der Waals surface area contributed by atoms with Gasteiger partial charge in [0.1, 0.15) is 0 Å². The van der Waals surface area contributed by atoms with Crippen LogP contribution in [0, 0.1) is 12.3 Å². The van der Waals surface area contributed by atoms with Crippen molar-refractivity contribution in [3.05, 3.63) is 23.8 Å². The van der Waals surface area contributed by atoms with E-state index in [-0.39, 0.29) is 17.2 Å². The first-order chi connectivity index (χ1) is 9.51. The number of piperidine rings is 1. The van der Waals surface area contributed by atoms with Gasteiger partial charge >= 0.3 is 0 Å². The maximum absolute atomic E-state index is 12.5. The quantitative estimate of drug-likeness (QED) is 0.631. The zero-order chi connectivity index (χ0) is 14.3. The average Bonchev–Trinajstić information content (AvgIpc) is 2.79. The number of aryl methyl sites for hydroxylation is 1. The van der Waals surface area contributed by atoms with Crippen LogP contribution in [0.2, 0.25) is 0 Å². The van der Waals surface area contributed by atoms with E-state index >= 15 is 0 Å². The van der Waals surface area contributed by atoms with E-state index in [0.29, 0.717) is 24.2 Å². The summed E-state index contributed by atoms with van der Waals surface area (Å²) in [7, 11) is 0. The van der Waals surface area contributed by atoms with Crippen LogP contribution in [-0.4, -0.2) is 11.8 Å². The average molecular weight is 272 g/mol. The molecule has 1 aliphatic carbocycles. The molecule has 2 fully saturated rings. The highest BCUT2D eigenvalue weighted by Gasteiger charge is 2.45. The van der Waals surface area contributed by atoms with E-state index in [1.807, 2.05) is 6.92 Å². The Kier molecular flexibility index (Phi) is 3.04. The third-order valence-corrected chi connectivity index (χ3v) is 4.68. The normalized spacial score (nSPS) is 21.8. The molecule has 4 heteroatoms. The van der Waals surface area contributed by atoms with Crippen molar-refractivity contribution in [2.24, 2.45) is 5.41 Å². The van der Waals surface area contributed by atoms with E-state index in [9.17, 15) is 9.59 Å². The Bertz CT molecular complexity index is 554.